The zero-order valence-electron chi connectivity index (χ0n) is 16.2. The number of rotatable bonds is 6. The maximum absolute atomic E-state index is 12.7. The van der Waals surface area contributed by atoms with E-state index in [1.54, 1.807) is 12.1 Å². The van der Waals surface area contributed by atoms with Crippen LogP contribution in [0.3, 0.4) is 0 Å². The molecule has 156 valence electrons. The van der Waals surface area contributed by atoms with Crippen LogP contribution in [0.25, 0.3) is 0 Å². The molecule has 1 aromatic carbocycles. The highest BCUT2D eigenvalue weighted by Crippen LogP contribution is 2.33. The first-order valence-corrected chi connectivity index (χ1v) is 9.32. The molecular formula is C21H24F3N3O2. The van der Waals surface area contributed by atoms with Crippen molar-refractivity contribution in [1.29, 1.82) is 0 Å². The summed E-state index contributed by atoms with van der Waals surface area (Å²) in [7, 11) is 1.52. The molecule has 0 atom stereocenters. The number of halogens is 3. The molecule has 1 N–H and O–H groups in total. The van der Waals surface area contributed by atoms with Crippen LogP contribution in [0.15, 0.2) is 43.1 Å². The van der Waals surface area contributed by atoms with E-state index in [1.807, 2.05) is 11.0 Å². The third-order valence-electron chi connectivity index (χ3n) is 4.98. The molecule has 0 spiro atoms. The van der Waals surface area contributed by atoms with E-state index in [-0.39, 0.29) is 5.75 Å². The minimum Gasteiger partial charge on any atom is -0.504 e. The number of phenolic OH excluding ortho intramolecular Hbond substituents is 1. The summed E-state index contributed by atoms with van der Waals surface area (Å²) < 4.78 is 43.3. The lowest BCUT2D eigenvalue weighted by molar-refractivity contribution is -0.137. The second-order valence-corrected chi connectivity index (χ2v) is 6.96. The van der Waals surface area contributed by atoms with E-state index in [1.165, 1.54) is 13.2 Å². The van der Waals surface area contributed by atoms with Crippen molar-refractivity contribution in [2.45, 2.75) is 19.1 Å². The monoisotopic (exact) mass is 407 g/mol. The summed E-state index contributed by atoms with van der Waals surface area (Å²) in [5.74, 6) is 1.11. The summed E-state index contributed by atoms with van der Waals surface area (Å²) in [6.45, 7) is 7.00. The van der Waals surface area contributed by atoms with Gasteiger partial charge in [-0.05, 0) is 30.2 Å². The molecule has 0 unspecified atom stereocenters. The number of nitrogens with zero attached hydrogens (tertiary/aromatic N) is 3. The highest BCUT2D eigenvalue weighted by Gasteiger charge is 2.31. The van der Waals surface area contributed by atoms with E-state index in [9.17, 15) is 18.3 Å². The van der Waals surface area contributed by atoms with Crippen LogP contribution in [0.5, 0.6) is 11.5 Å². The molecule has 1 saturated heterocycles. The summed E-state index contributed by atoms with van der Waals surface area (Å²) in [6, 6.07) is 6.22. The zero-order chi connectivity index (χ0) is 21.0. The molecule has 0 saturated carbocycles. The molecule has 2 aromatic rings. The number of allylic oxidation sites excluding steroid dienone is 1. The first-order valence-electron chi connectivity index (χ1n) is 9.32. The van der Waals surface area contributed by atoms with Gasteiger partial charge in [-0.1, -0.05) is 12.1 Å². The molecule has 0 radical (unpaired) electrons. The van der Waals surface area contributed by atoms with Gasteiger partial charge in [-0.3, -0.25) is 4.90 Å². The Morgan fingerprint density at radius 1 is 1.21 bits per heavy atom. The Labute approximate surface area is 168 Å². The van der Waals surface area contributed by atoms with Crippen LogP contribution in [0.2, 0.25) is 0 Å². The average molecular weight is 407 g/mol. The molecule has 0 bridgehead atoms. The number of pyridine rings is 1. The van der Waals surface area contributed by atoms with Crippen molar-refractivity contribution in [2.24, 2.45) is 0 Å². The van der Waals surface area contributed by atoms with Crippen molar-refractivity contribution in [3.8, 4) is 11.5 Å². The number of benzene rings is 1. The van der Waals surface area contributed by atoms with Crippen LogP contribution in [0.4, 0.5) is 19.0 Å². The van der Waals surface area contributed by atoms with Crippen LogP contribution < -0.4 is 9.64 Å². The standard InChI is InChI=1S/C21H24F3N3O2/c1-3-4-15-11-16(20(28)18(12-15)29-2)14-26-7-9-27(10-8-26)19-6-5-17(13-25-19)21(22,23)24/h3,5-6,11-13,28H,1,4,7-10,14H2,2H3. The largest absolute Gasteiger partial charge is 0.504 e. The lowest BCUT2D eigenvalue weighted by Crippen LogP contribution is -2.46. The Hall–Kier alpha value is -2.74. The molecule has 1 aliphatic rings. The first kappa shape index (κ1) is 21.0. The number of methoxy groups -OCH3 is 1. The predicted molar refractivity (Wildman–Crippen MR) is 105 cm³/mol. The minimum absolute atomic E-state index is 0.132. The average Bonchev–Trinajstić information content (AvgIpc) is 2.70. The molecular weight excluding hydrogens is 383 g/mol. The Balaban J connectivity index is 1.64. The van der Waals surface area contributed by atoms with E-state index >= 15 is 0 Å². The molecule has 5 nitrogen and oxygen atoms in total. The maximum atomic E-state index is 12.7. The Kier molecular flexibility index (Phi) is 6.32. The Bertz CT molecular complexity index is 845. The van der Waals surface area contributed by atoms with Crippen molar-refractivity contribution in [2.75, 3.05) is 38.2 Å². The lowest BCUT2D eigenvalue weighted by Gasteiger charge is -2.35. The van der Waals surface area contributed by atoms with Crippen LogP contribution in [0.1, 0.15) is 16.7 Å². The number of piperazine rings is 1. The fraction of sp³-hybridized carbons (Fsp3) is 0.381. The van der Waals surface area contributed by atoms with Gasteiger partial charge in [0, 0.05) is 44.5 Å². The number of aromatic hydroxyl groups is 1. The number of phenols is 1. The van der Waals surface area contributed by atoms with Crippen molar-refractivity contribution in [1.82, 2.24) is 9.88 Å². The van der Waals surface area contributed by atoms with Crippen molar-refractivity contribution < 1.29 is 23.0 Å². The van der Waals surface area contributed by atoms with E-state index in [2.05, 4.69) is 16.5 Å². The fourth-order valence-electron chi connectivity index (χ4n) is 3.41. The number of aromatic nitrogens is 1. The minimum atomic E-state index is -4.38. The van der Waals surface area contributed by atoms with Gasteiger partial charge in [0.1, 0.15) is 5.82 Å². The summed E-state index contributed by atoms with van der Waals surface area (Å²) in [4.78, 5) is 8.12. The molecule has 0 aliphatic carbocycles. The summed E-state index contributed by atoms with van der Waals surface area (Å²) >= 11 is 0. The zero-order valence-corrected chi connectivity index (χ0v) is 16.2. The number of hydrogen-bond acceptors (Lipinski definition) is 5. The van der Waals surface area contributed by atoms with Crippen molar-refractivity contribution >= 4 is 5.82 Å². The third kappa shape index (κ3) is 5.00. The summed E-state index contributed by atoms with van der Waals surface area (Å²) in [5, 5.41) is 10.4. The Morgan fingerprint density at radius 2 is 1.93 bits per heavy atom. The first-order chi connectivity index (χ1) is 13.8. The van der Waals surface area contributed by atoms with Gasteiger partial charge in [-0.25, -0.2) is 4.98 Å². The summed E-state index contributed by atoms with van der Waals surface area (Å²) in [6.07, 6.45) is -1.03. The van der Waals surface area contributed by atoms with Gasteiger partial charge in [0.25, 0.3) is 0 Å². The fourth-order valence-corrected chi connectivity index (χ4v) is 3.41. The van der Waals surface area contributed by atoms with Gasteiger partial charge >= 0.3 is 6.18 Å². The van der Waals surface area contributed by atoms with Crippen LogP contribution in [0, 0.1) is 0 Å². The van der Waals surface area contributed by atoms with E-state index in [4.69, 9.17) is 4.74 Å². The highest BCUT2D eigenvalue weighted by atomic mass is 19.4. The summed E-state index contributed by atoms with van der Waals surface area (Å²) in [5.41, 5.74) is 1.04. The molecule has 3 rings (SSSR count). The second-order valence-electron chi connectivity index (χ2n) is 6.96. The normalized spacial score (nSPS) is 15.4. The third-order valence-corrected chi connectivity index (χ3v) is 4.98. The molecule has 1 aromatic heterocycles. The van der Waals surface area contributed by atoms with Gasteiger partial charge in [0.05, 0.1) is 12.7 Å². The maximum Gasteiger partial charge on any atom is 0.417 e. The van der Waals surface area contributed by atoms with Crippen LogP contribution in [-0.2, 0) is 19.1 Å². The number of anilines is 1. The van der Waals surface area contributed by atoms with Gasteiger partial charge in [0.2, 0.25) is 0 Å². The van der Waals surface area contributed by atoms with Gasteiger partial charge in [0.15, 0.2) is 11.5 Å². The van der Waals surface area contributed by atoms with Crippen molar-refractivity contribution in [3.63, 3.8) is 0 Å². The highest BCUT2D eigenvalue weighted by molar-refractivity contribution is 5.49. The molecule has 8 heteroatoms. The predicted octanol–water partition coefficient (Wildman–Crippen LogP) is 3.87. The Morgan fingerprint density at radius 3 is 2.48 bits per heavy atom. The van der Waals surface area contributed by atoms with E-state index in [0.29, 0.717) is 50.7 Å². The smallest absolute Gasteiger partial charge is 0.417 e. The topological polar surface area (TPSA) is 48.8 Å². The van der Waals surface area contributed by atoms with Gasteiger partial charge in [-0.2, -0.15) is 13.2 Å². The van der Waals surface area contributed by atoms with Crippen LogP contribution >= 0.6 is 0 Å². The van der Waals surface area contributed by atoms with E-state index < -0.39 is 11.7 Å². The van der Waals surface area contributed by atoms with Gasteiger partial charge < -0.3 is 14.7 Å². The lowest BCUT2D eigenvalue weighted by atomic mass is 10.0. The number of alkyl halides is 3. The second kappa shape index (κ2) is 8.73. The van der Waals surface area contributed by atoms with Crippen molar-refractivity contribution in [3.05, 3.63) is 59.8 Å². The SMILES string of the molecule is C=CCc1cc(CN2CCN(c3ccc(C(F)(F)F)cn3)CC2)c(O)c(OC)c1. The molecule has 1 aliphatic heterocycles. The van der Waals surface area contributed by atoms with Gasteiger partial charge in [-0.15, -0.1) is 6.58 Å². The molecule has 2 heterocycles. The number of ether oxygens (including phenoxy) is 1. The van der Waals surface area contributed by atoms with Crippen LogP contribution in [-0.4, -0.2) is 48.3 Å². The molecule has 1 fully saturated rings. The quantitative estimate of drug-likeness (QED) is 0.737. The van der Waals surface area contributed by atoms with E-state index in [0.717, 1.165) is 23.4 Å². The number of hydrogen-bond donors (Lipinski definition) is 1. The molecule has 29 heavy (non-hydrogen) atoms. The molecule has 0 amide bonds.